The number of nitrogens with zero attached hydrogens (tertiary/aromatic N) is 1. The van der Waals surface area contributed by atoms with E-state index in [-0.39, 0.29) is 12.2 Å². The van der Waals surface area contributed by atoms with Crippen LogP contribution in [0.15, 0.2) is 51.9 Å². The lowest BCUT2D eigenvalue weighted by molar-refractivity contribution is 0.100. The van der Waals surface area contributed by atoms with Crippen molar-refractivity contribution in [1.82, 2.24) is 0 Å². The number of benzene rings is 2. The van der Waals surface area contributed by atoms with E-state index < -0.39 is 0 Å². The second-order valence-corrected chi connectivity index (χ2v) is 5.80. The zero-order valence-corrected chi connectivity index (χ0v) is 13.4. The Balaban J connectivity index is 2.02. The zero-order chi connectivity index (χ0) is 14.5. The molecule has 0 spiro atoms. The van der Waals surface area contributed by atoms with Crippen molar-refractivity contribution >= 4 is 56.8 Å². The van der Waals surface area contributed by atoms with Crippen molar-refractivity contribution in [2.45, 2.75) is 6.42 Å². The molecule has 0 heterocycles. The Kier molecular flexibility index (Phi) is 5.35. The highest BCUT2D eigenvalue weighted by atomic mass is 79.9. The molecule has 0 bridgehead atoms. The molecule has 0 saturated carbocycles. The van der Waals surface area contributed by atoms with Crippen molar-refractivity contribution in [2.75, 3.05) is 0 Å². The average molecular weight is 371 g/mol. The van der Waals surface area contributed by atoms with Crippen LogP contribution >= 0.6 is 39.1 Å². The molecule has 20 heavy (non-hydrogen) atoms. The van der Waals surface area contributed by atoms with Crippen LogP contribution in [-0.4, -0.2) is 12.0 Å². The monoisotopic (exact) mass is 369 g/mol. The lowest BCUT2D eigenvalue weighted by atomic mass is 10.1. The first-order chi connectivity index (χ1) is 9.56. The normalized spacial score (nSPS) is 10.9. The lowest BCUT2D eigenvalue weighted by Gasteiger charge is -1.99. The van der Waals surface area contributed by atoms with Crippen LogP contribution in [0.5, 0.6) is 0 Å². The van der Waals surface area contributed by atoms with Gasteiger partial charge in [-0.3, -0.25) is 9.79 Å². The predicted molar refractivity (Wildman–Crippen MR) is 87.7 cm³/mol. The van der Waals surface area contributed by atoms with E-state index in [1.54, 1.807) is 42.6 Å². The highest BCUT2D eigenvalue weighted by molar-refractivity contribution is 9.10. The van der Waals surface area contributed by atoms with Crippen LogP contribution in [0, 0.1) is 0 Å². The van der Waals surface area contributed by atoms with Crippen molar-refractivity contribution in [3.05, 3.63) is 62.5 Å². The average Bonchev–Trinajstić information content (AvgIpc) is 2.42. The Hall–Kier alpha value is -1.16. The van der Waals surface area contributed by atoms with Crippen LogP contribution in [0.4, 0.5) is 5.69 Å². The third-order valence-electron chi connectivity index (χ3n) is 2.58. The van der Waals surface area contributed by atoms with Crippen molar-refractivity contribution in [3.8, 4) is 0 Å². The Morgan fingerprint density at radius 2 is 1.85 bits per heavy atom. The number of aliphatic imine (C=N–C) groups is 1. The molecular formula is C15H10BrCl2NO. The number of ketones is 1. The van der Waals surface area contributed by atoms with Gasteiger partial charge in [-0.15, -0.1) is 0 Å². The molecule has 0 aliphatic carbocycles. The molecule has 0 aromatic heterocycles. The van der Waals surface area contributed by atoms with Crippen LogP contribution in [-0.2, 0) is 0 Å². The van der Waals surface area contributed by atoms with Gasteiger partial charge in [0.1, 0.15) is 0 Å². The molecule has 5 heteroatoms. The molecule has 2 nitrogen and oxygen atoms in total. The largest absolute Gasteiger partial charge is 0.294 e. The first-order valence-corrected chi connectivity index (χ1v) is 7.37. The van der Waals surface area contributed by atoms with Gasteiger partial charge in [0.25, 0.3) is 0 Å². The summed E-state index contributed by atoms with van der Waals surface area (Å²) in [5, 5.41) is 1.14. The Bertz CT molecular complexity index is 653. The Labute approximate surface area is 135 Å². The third kappa shape index (κ3) is 4.17. The van der Waals surface area contributed by atoms with Gasteiger partial charge in [0, 0.05) is 27.7 Å². The number of hydrogen-bond acceptors (Lipinski definition) is 2. The molecule has 0 amide bonds. The fourth-order valence-corrected chi connectivity index (χ4v) is 2.41. The molecule has 0 N–H and O–H groups in total. The van der Waals surface area contributed by atoms with E-state index in [0.29, 0.717) is 21.3 Å². The molecule has 0 unspecified atom stereocenters. The summed E-state index contributed by atoms with van der Waals surface area (Å²) in [7, 11) is 0. The number of Topliss-reactive ketones (excluding diaryl/α,β-unsaturated/α-hetero) is 1. The van der Waals surface area contributed by atoms with Gasteiger partial charge in [-0.25, -0.2) is 0 Å². The fourth-order valence-electron chi connectivity index (χ4n) is 1.57. The highest BCUT2D eigenvalue weighted by Gasteiger charge is 2.04. The van der Waals surface area contributed by atoms with Crippen LogP contribution in [0.1, 0.15) is 16.8 Å². The first-order valence-electron chi connectivity index (χ1n) is 5.82. The van der Waals surface area contributed by atoms with Gasteiger partial charge in [-0.1, -0.05) is 39.1 Å². The summed E-state index contributed by atoms with van der Waals surface area (Å²) in [6.45, 7) is 0. The molecule has 2 rings (SSSR count). The minimum absolute atomic E-state index is 0.0151. The van der Waals surface area contributed by atoms with E-state index in [1.165, 1.54) is 0 Å². The number of halogens is 3. The van der Waals surface area contributed by atoms with Gasteiger partial charge in [0.05, 0.1) is 10.7 Å². The maximum Gasteiger partial charge on any atom is 0.168 e. The van der Waals surface area contributed by atoms with Gasteiger partial charge in [-0.2, -0.15) is 0 Å². The van der Waals surface area contributed by atoms with Gasteiger partial charge in [0.2, 0.25) is 0 Å². The maximum atomic E-state index is 11.9. The van der Waals surface area contributed by atoms with Crippen LogP contribution in [0.25, 0.3) is 0 Å². The fraction of sp³-hybridized carbons (Fsp3) is 0.0667. The summed E-state index contributed by atoms with van der Waals surface area (Å²) < 4.78 is 0.888. The van der Waals surface area contributed by atoms with E-state index in [0.717, 1.165) is 4.47 Å². The van der Waals surface area contributed by atoms with Gasteiger partial charge < -0.3 is 0 Å². The van der Waals surface area contributed by atoms with Gasteiger partial charge in [0.15, 0.2) is 5.78 Å². The van der Waals surface area contributed by atoms with Crippen LogP contribution in [0.3, 0.4) is 0 Å². The SMILES string of the molecule is O=C(CC=Nc1ccc(Br)cc1Cl)c1ccc(Cl)cc1. The molecule has 2 aromatic carbocycles. The molecule has 102 valence electrons. The third-order valence-corrected chi connectivity index (χ3v) is 3.63. The lowest BCUT2D eigenvalue weighted by Crippen LogP contribution is -1.98. The van der Waals surface area contributed by atoms with Crippen LogP contribution < -0.4 is 0 Å². The van der Waals surface area contributed by atoms with Crippen molar-refractivity contribution in [1.29, 1.82) is 0 Å². The second-order valence-electron chi connectivity index (χ2n) is 4.04. The maximum absolute atomic E-state index is 11.9. The predicted octanol–water partition coefficient (Wildman–Crippen LogP) is 5.73. The summed E-state index contributed by atoms with van der Waals surface area (Å²) in [4.78, 5) is 16.1. The van der Waals surface area contributed by atoms with Crippen molar-refractivity contribution in [2.24, 2.45) is 4.99 Å². The number of carbonyl (C=O) groups is 1. The molecule has 2 aromatic rings. The van der Waals surface area contributed by atoms with E-state index in [2.05, 4.69) is 20.9 Å². The molecule has 0 fully saturated rings. The van der Waals surface area contributed by atoms with Crippen molar-refractivity contribution in [3.63, 3.8) is 0 Å². The molecule has 0 aliphatic heterocycles. The van der Waals surface area contributed by atoms with Gasteiger partial charge >= 0.3 is 0 Å². The minimum atomic E-state index is -0.0151. The molecular weight excluding hydrogens is 361 g/mol. The topological polar surface area (TPSA) is 29.4 Å². The number of rotatable bonds is 4. The zero-order valence-electron chi connectivity index (χ0n) is 10.3. The second kappa shape index (κ2) is 7.02. The molecule has 0 aliphatic rings. The standard InChI is InChI=1S/C15H10BrCl2NO/c16-11-3-6-14(13(18)9-11)19-8-7-15(20)10-1-4-12(17)5-2-10/h1-6,8-9H,7H2. The smallest absolute Gasteiger partial charge is 0.168 e. The molecule has 0 radical (unpaired) electrons. The first kappa shape index (κ1) is 15.2. The van der Waals surface area contributed by atoms with Crippen LogP contribution in [0.2, 0.25) is 10.0 Å². The van der Waals surface area contributed by atoms with E-state index in [9.17, 15) is 4.79 Å². The minimum Gasteiger partial charge on any atom is -0.294 e. The number of carbonyl (C=O) groups excluding carboxylic acids is 1. The summed E-state index contributed by atoms with van der Waals surface area (Å²) in [6, 6.07) is 12.2. The Morgan fingerprint density at radius 3 is 2.50 bits per heavy atom. The van der Waals surface area contributed by atoms with E-state index in [4.69, 9.17) is 23.2 Å². The summed E-state index contributed by atoms with van der Waals surface area (Å²) in [6.07, 6.45) is 1.78. The van der Waals surface area contributed by atoms with E-state index >= 15 is 0 Å². The molecule has 0 saturated heterocycles. The van der Waals surface area contributed by atoms with Crippen molar-refractivity contribution < 1.29 is 4.79 Å². The quantitative estimate of drug-likeness (QED) is 0.499. The summed E-state index contributed by atoms with van der Waals surface area (Å²) in [5.41, 5.74) is 1.25. The molecule has 0 atom stereocenters. The van der Waals surface area contributed by atoms with E-state index in [1.807, 2.05) is 6.07 Å². The highest BCUT2D eigenvalue weighted by Crippen LogP contribution is 2.27. The summed E-state index contributed by atoms with van der Waals surface area (Å²) >= 11 is 15.1. The van der Waals surface area contributed by atoms with Gasteiger partial charge in [-0.05, 0) is 42.5 Å². The Morgan fingerprint density at radius 1 is 1.15 bits per heavy atom. The number of hydrogen-bond donors (Lipinski definition) is 0. The summed E-state index contributed by atoms with van der Waals surface area (Å²) in [5.74, 6) is -0.0151.